The normalized spacial score (nSPS) is 16.8. The van der Waals surface area contributed by atoms with Crippen LogP contribution in [0.4, 0.5) is 0 Å². The maximum atomic E-state index is 11.6. The van der Waals surface area contributed by atoms with Crippen molar-refractivity contribution in [3.05, 3.63) is 11.6 Å². The van der Waals surface area contributed by atoms with Gasteiger partial charge in [0.25, 0.3) is 10.1 Å². The monoisotopic (exact) mass is 366 g/mol. The smallest absolute Gasteiger partial charge is 0.333 e. The van der Waals surface area contributed by atoms with E-state index in [1.165, 1.54) is 13.2 Å². The van der Waals surface area contributed by atoms with E-state index in [0.29, 0.717) is 0 Å². The lowest BCUT2D eigenvalue weighted by Crippen LogP contribution is -2.46. The highest BCUT2D eigenvalue weighted by atomic mass is 32.2. The van der Waals surface area contributed by atoms with Crippen LogP contribution in [0.5, 0.6) is 0 Å². The molecular formula is C15H30O6SSi. The Morgan fingerprint density at radius 3 is 2.04 bits per heavy atom. The van der Waals surface area contributed by atoms with Gasteiger partial charge in [-0.25, -0.2) is 4.79 Å². The average Bonchev–Trinajstić information content (AvgIpc) is 2.33. The number of esters is 1. The Balaban J connectivity index is 5.49. The molecule has 0 rings (SSSR count). The highest BCUT2D eigenvalue weighted by Gasteiger charge is 2.40. The first-order valence-corrected chi connectivity index (χ1v) is 12.2. The molecule has 0 radical (unpaired) electrons. The molecule has 2 unspecified atom stereocenters. The van der Waals surface area contributed by atoms with Gasteiger partial charge in [0.1, 0.15) is 6.10 Å². The molecule has 0 aliphatic carbocycles. The van der Waals surface area contributed by atoms with Crippen molar-refractivity contribution in [2.75, 3.05) is 13.4 Å². The molecule has 6 nitrogen and oxygen atoms in total. The summed E-state index contributed by atoms with van der Waals surface area (Å²) in [6.45, 7) is 13.7. The molecule has 0 aromatic heterocycles. The number of hydrogen-bond acceptors (Lipinski definition) is 6. The van der Waals surface area contributed by atoms with Crippen molar-refractivity contribution in [3.63, 3.8) is 0 Å². The van der Waals surface area contributed by atoms with E-state index in [-0.39, 0.29) is 10.6 Å². The van der Waals surface area contributed by atoms with Gasteiger partial charge in [-0.3, -0.25) is 4.18 Å². The van der Waals surface area contributed by atoms with Crippen molar-refractivity contribution in [1.29, 1.82) is 0 Å². The largest absolute Gasteiger partial charge is 0.466 e. The Morgan fingerprint density at radius 1 is 1.22 bits per heavy atom. The summed E-state index contributed by atoms with van der Waals surface area (Å²) in [6, 6.07) is 0. The summed E-state index contributed by atoms with van der Waals surface area (Å²) in [4.78, 5) is 11.6. The maximum absolute atomic E-state index is 11.6. The Kier molecular flexibility index (Phi) is 7.67. The maximum Gasteiger partial charge on any atom is 0.333 e. The third-order valence-corrected chi connectivity index (χ3v) is 9.10. The second-order valence-electron chi connectivity index (χ2n) is 7.19. The lowest BCUT2D eigenvalue weighted by Gasteiger charge is -2.39. The van der Waals surface area contributed by atoms with E-state index >= 15 is 0 Å². The number of carbonyl (C=O) groups excluding carboxylic acids is 1. The number of ether oxygens (including phenoxy) is 1. The van der Waals surface area contributed by atoms with Gasteiger partial charge in [0.2, 0.25) is 0 Å². The van der Waals surface area contributed by atoms with E-state index in [9.17, 15) is 13.2 Å². The summed E-state index contributed by atoms with van der Waals surface area (Å²) in [5, 5.41) is -0.0298. The first-order chi connectivity index (χ1) is 10.1. The Morgan fingerprint density at radius 2 is 1.70 bits per heavy atom. The molecule has 0 saturated carbocycles. The molecule has 0 aliphatic heterocycles. The van der Waals surface area contributed by atoms with Crippen molar-refractivity contribution in [2.45, 2.75) is 65.0 Å². The van der Waals surface area contributed by atoms with Crippen LogP contribution in [0.25, 0.3) is 0 Å². The van der Waals surface area contributed by atoms with Crippen LogP contribution < -0.4 is 0 Å². The van der Waals surface area contributed by atoms with Gasteiger partial charge < -0.3 is 9.16 Å². The van der Waals surface area contributed by atoms with Crippen LogP contribution in [0, 0.1) is 0 Å². The summed E-state index contributed by atoms with van der Waals surface area (Å²) in [6.07, 6.45) is 0.994. The fraction of sp³-hybridized carbons (Fsp3) is 0.800. The summed E-state index contributed by atoms with van der Waals surface area (Å²) < 4.78 is 39.0. The van der Waals surface area contributed by atoms with Gasteiger partial charge in [-0.1, -0.05) is 20.8 Å². The molecular weight excluding hydrogens is 336 g/mol. The van der Waals surface area contributed by atoms with E-state index in [1.807, 2.05) is 0 Å². The van der Waals surface area contributed by atoms with E-state index in [0.717, 1.165) is 6.26 Å². The standard InChI is InChI=1S/C15H30O6SSi/c1-11(14(16)19-6)10-13(20-22(7,17)18)12(2)21-23(8,9)15(3,4)5/h10,12-13H,1-9H3/b11-10+. The van der Waals surface area contributed by atoms with Gasteiger partial charge in [-0.2, -0.15) is 8.42 Å². The number of rotatable bonds is 7. The predicted molar refractivity (Wildman–Crippen MR) is 93.2 cm³/mol. The minimum Gasteiger partial charge on any atom is -0.466 e. The molecule has 23 heavy (non-hydrogen) atoms. The highest BCUT2D eigenvalue weighted by Crippen LogP contribution is 2.37. The lowest BCUT2D eigenvalue weighted by atomic mass is 10.1. The molecule has 2 atom stereocenters. The van der Waals surface area contributed by atoms with Crippen molar-refractivity contribution in [2.24, 2.45) is 0 Å². The third kappa shape index (κ3) is 7.60. The van der Waals surface area contributed by atoms with Crippen LogP contribution in [0.2, 0.25) is 18.1 Å². The fourth-order valence-corrected chi connectivity index (χ4v) is 3.66. The van der Waals surface area contributed by atoms with Crippen LogP contribution >= 0.6 is 0 Å². The van der Waals surface area contributed by atoms with Gasteiger partial charge in [0, 0.05) is 5.57 Å². The Labute approximate surface area is 141 Å². The quantitative estimate of drug-likeness (QED) is 0.298. The van der Waals surface area contributed by atoms with Gasteiger partial charge in [-0.05, 0) is 38.1 Å². The molecule has 0 heterocycles. The Hall–Kier alpha value is -0.703. The Bertz CT molecular complexity index is 545. The molecule has 8 heteroatoms. The molecule has 0 spiro atoms. The molecule has 0 bridgehead atoms. The van der Waals surface area contributed by atoms with E-state index in [4.69, 9.17) is 8.61 Å². The summed E-state index contributed by atoms with van der Waals surface area (Å²) in [5.41, 5.74) is 0.270. The van der Waals surface area contributed by atoms with Gasteiger partial charge in [0.05, 0.1) is 19.5 Å². The lowest BCUT2D eigenvalue weighted by molar-refractivity contribution is -0.136. The molecule has 0 aliphatic rings. The summed E-state index contributed by atoms with van der Waals surface area (Å²) in [5.74, 6) is -0.536. The van der Waals surface area contributed by atoms with E-state index in [1.54, 1.807) is 13.8 Å². The highest BCUT2D eigenvalue weighted by molar-refractivity contribution is 7.86. The third-order valence-electron chi connectivity index (χ3n) is 3.96. The zero-order valence-electron chi connectivity index (χ0n) is 15.6. The van der Waals surface area contributed by atoms with Gasteiger partial charge >= 0.3 is 5.97 Å². The van der Waals surface area contributed by atoms with Crippen LogP contribution in [0.15, 0.2) is 11.6 Å². The fourth-order valence-electron chi connectivity index (χ4n) is 1.63. The molecule has 0 aromatic rings. The zero-order valence-corrected chi connectivity index (χ0v) is 17.4. The minimum atomic E-state index is -3.70. The first kappa shape index (κ1) is 22.3. The second-order valence-corrected chi connectivity index (χ2v) is 13.5. The van der Waals surface area contributed by atoms with Crippen LogP contribution in [-0.4, -0.2) is 48.3 Å². The first-order valence-electron chi connectivity index (χ1n) is 7.43. The summed E-state index contributed by atoms with van der Waals surface area (Å²) in [7, 11) is -4.55. The predicted octanol–water partition coefficient (Wildman–Crippen LogP) is 2.86. The topological polar surface area (TPSA) is 78.9 Å². The summed E-state index contributed by atoms with van der Waals surface area (Å²) >= 11 is 0. The van der Waals surface area contributed by atoms with Crippen molar-refractivity contribution in [1.82, 2.24) is 0 Å². The molecule has 0 N–H and O–H groups in total. The average molecular weight is 367 g/mol. The van der Waals surface area contributed by atoms with E-state index in [2.05, 4.69) is 38.6 Å². The molecule has 0 aromatic carbocycles. The molecule has 0 amide bonds. The van der Waals surface area contributed by atoms with Crippen LogP contribution in [0.1, 0.15) is 34.6 Å². The minimum absolute atomic E-state index is 0.0298. The number of methoxy groups -OCH3 is 1. The van der Waals surface area contributed by atoms with Gasteiger partial charge in [-0.15, -0.1) is 0 Å². The molecule has 136 valence electrons. The number of hydrogen-bond donors (Lipinski definition) is 0. The van der Waals surface area contributed by atoms with Crippen molar-refractivity contribution >= 4 is 24.4 Å². The molecule has 0 saturated heterocycles. The number of carbonyl (C=O) groups is 1. The molecule has 0 fully saturated rings. The van der Waals surface area contributed by atoms with Crippen LogP contribution in [0.3, 0.4) is 0 Å². The zero-order chi connectivity index (χ0) is 18.6. The SMILES string of the molecule is COC(=O)/C(C)=C/C(OS(C)(=O)=O)C(C)O[Si](C)(C)C(C)(C)C. The van der Waals surface area contributed by atoms with Gasteiger partial charge in [0.15, 0.2) is 8.32 Å². The van der Waals surface area contributed by atoms with Crippen LogP contribution in [-0.2, 0) is 28.3 Å². The van der Waals surface area contributed by atoms with Crippen molar-refractivity contribution in [3.8, 4) is 0 Å². The second kappa shape index (κ2) is 7.91. The van der Waals surface area contributed by atoms with E-state index < -0.39 is 36.6 Å². The van der Waals surface area contributed by atoms with Crippen molar-refractivity contribution < 1.29 is 26.6 Å².